The molecule has 0 bridgehead atoms. The molecule has 0 spiro atoms. The summed E-state index contributed by atoms with van der Waals surface area (Å²) in [5, 5.41) is 14.8. The maximum Gasteiger partial charge on any atom is 0.138 e. The van der Waals surface area contributed by atoms with Crippen LogP contribution in [0.3, 0.4) is 0 Å². The molecule has 1 aromatic rings. The van der Waals surface area contributed by atoms with E-state index in [1.54, 1.807) is 6.33 Å². The third-order valence-corrected chi connectivity index (χ3v) is 3.58. The van der Waals surface area contributed by atoms with Crippen molar-refractivity contribution in [2.45, 2.75) is 64.1 Å². The molecule has 5 nitrogen and oxygen atoms in total. The fraction of sp³-hybridized carbons (Fsp3) is 0.846. The Bertz CT molecular complexity index is 390. The lowest BCUT2D eigenvalue weighted by atomic mass is 9.80. The van der Waals surface area contributed by atoms with Crippen molar-refractivity contribution in [1.29, 1.82) is 0 Å². The molecular weight excluding hydrogens is 228 g/mol. The zero-order valence-corrected chi connectivity index (χ0v) is 11.3. The van der Waals surface area contributed by atoms with Crippen LogP contribution in [-0.2, 0) is 13.0 Å². The molecule has 0 amide bonds. The van der Waals surface area contributed by atoms with Crippen LogP contribution in [0.4, 0.5) is 0 Å². The zero-order valence-electron chi connectivity index (χ0n) is 11.3. The molecule has 1 heterocycles. The molecule has 1 fully saturated rings. The van der Waals surface area contributed by atoms with Crippen LogP contribution in [0.1, 0.15) is 45.4 Å². The second-order valence-corrected chi connectivity index (χ2v) is 6.01. The number of nitrogens with two attached hydrogens (primary N) is 1. The summed E-state index contributed by atoms with van der Waals surface area (Å²) in [4.78, 5) is 4.28. The second-order valence-electron chi connectivity index (χ2n) is 6.01. The molecule has 2 unspecified atom stereocenters. The SMILES string of the molecule is CC(C)Cn1ncnc1CC1(O)CCCC(N)C1. The Balaban J connectivity index is 2.06. The van der Waals surface area contributed by atoms with Crippen molar-refractivity contribution in [3.8, 4) is 0 Å². The van der Waals surface area contributed by atoms with Crippen LogP contribution in [0, 0.1) is 5.92 Å². The Morgan fingerprint density at radius 1 is 1.61 bits per heavy atom. The Morgan fingerprint density at radius 3 is 3.06 bits per heavy atom. The van der Waals surface area contributed by atoms with E-state index in [2.05, 4.69) is 23.9 Å². The summed E-state index contributed by atoms with van der Waals surface area (Å²) in [6.45, 7) is 5.14. The number of aromatic nitrogens is 3. The molecule has 1 aliphatic rings. The first kappa shape index (κ1) is 13.5. The van der Waals surface area contributed by atoms with Gasteiger partial charge in [-0.1, -0.05) is 13.8 Å². The van der Waals surface area contributed by atoms with Gasteiger partial charge in [-0.2, -0.15) is 5.10 Å². The summed E-state index contributed by atoms with van der Waals surface area (Å²) in [5.41, 5.74) is 5.26. The molecule has 3 N–H and O–H groups in total. The van der Waals surface area contributed by atoms with E-state index in [-0.39, 0.29) is 6.04 Å². The van der Waals surface area contributed by atoms with Crippen molar-refractivity contribution in [3.63, 3.8) is 0 Å². The molecule has 1 saturated carbocycles. The maximum atomic E-state index is 10.6. The molecule has 0 aromatic carbocycles. The summed E-state index contributed by atoms with van der Waals surface area (Å²) >= 11 is 0. The van der Waals surface area contributed by atoms with Crippen LogP contribution in [0.5, 0.6) is 0 Å². The summed E-state index contributed by atoms with van der Waals surface area (Å²) in [6.07, 6.45) is 5.63. The average Bonchev–Trinajstić information content (AvgIpc) is 2.63. The molecule has 0 aliphatic heterocycles. The van der Waals surface area contributed by atoms with Crippen molar-refractivity contribution in [1.82, 2.24) is 14.8 Å². The van der Waals surface area contributed by atoms with Crippen LogP contribution in [0.2, 0.25) is 0 Å². The van der Waals surface area contributed by atoms with E-state index in [0.29, 0.717) is 18.8 Å². The minimum atomic E-state index is -0.695. The van der Waals surface area contributed by atoms with E-state index in [1.165, 1.54) is 0 Å². The molecule has 2 rings (SSSR count). The van der Waals surface area contributed by atoms with Crippen molar-refractivity contribution in [2.24, 2.45) is 11.7 Å². The molecule has 102 valence electrons. The predicted molar refractivity (Wildman–Crippen MR) is 70.0 cm³/mol. The van der Waals surface area contributed by atoms with Gasteiger partial charge in [0.2, 0.25) is 0 Å². The quantitative estimate of drug-likeness (QED) is 0.841. The molecule has 18 heavy (non-hydrogen) atoms. The van der Waals surface area contributed by atoms with Gasteiger partial charge in [0.15, 0.2) is 0 Å². The molecule has 0 radical (unpaired) electrons. The second kappa shape index (κ2) is 5.36. The van der Waals surface area contributed by atoms with Crippen molar-refractivity contribution < 1.29 is 5.11 Å². The first-order valence-electron chi connectivity index (χ1n) is 6.83. The number of hydrogen-bond donors (Lipinski definition) is 2. The highest BCUT2D eigenvalue weighted by atomic mass is 16.3. The van der Waals surface area contributed by atoms with Crippen LogP contribution >= 0.6 is 0 Å². The smallest absolute Gasteiger partial charge is 0.138 e. The van der Waals surface area contributed by atoms with Gasteiger partial charge in [-0.3, -0.25) is 0 Å². The highest BCUT2D eigenvalue weighted by Crippen LogP contribution is 2.30. The van der Waals surface area contributed by atoms with Crippen molar-refractivity contribution in [2.75, 3.05) is 0 Å². The molecule has 1 aliphatic carbocycles. The Kier molecular flexibility index (Phi) is 4.02. The third-order valence-electron chi connectivity index (χ3n) is 3.58. The fourth-order valence-electron chi connectivity index (χ4n) is 2.76. The Labute approximate surface area is 108 Å². The van der Waals surface area contributed by atoms with Gasteiger partial charge in [-0.15, -0.1) is 0 Å². The topological polar surface area (TPSA) is 77.0 Å². The minimum absolute atomic E-state index is 0.116. The summed E-state index contributed by atoms with van der Waals surface area (Å²) in [5.74, 6) is 1.40. The van der Waals surface area contributed by atoms with Gasteiger partial charge in [0.05, 0.1) is 5.60 Å². The van der Waals surface area contributed by atoms with Gasteiger partial charge in [-0.05, 0) is 31.6 Å². The number of aliphatic hydroxyl groups is 1. The van der Waals surface area contributed by atoms with E-state index >= 15 is 0 Å². The van der Waals surface area contributed by atoms with Crippen molar-refractivity contribution >= 4 is 0 Å². The van der Waals surface area contributed by atoms with E-state index in [4.69, 9.17) is 5.73 Å². The zero-order chi connectivity index (χ0) is 13.2. The monoisotopic (exact) mass is 252 g/mol. The van der Waals surface area contributed by atoms with Gasteiger partial charge in [0.1, 0.15) is 12.2 Å². The summed E-state index contributed by atoms with van der Waals surface area (Å²) < 4.78 is 1.91. The largest absolute Gasteiger partial charge is 0.389 e. The fourth-order valence-corrected chi connectivity index (χ4v) is 2.76. The summed E-state index contributed by atoms with van der Waals surface area (Å²) in [6, 6.07) is 0.116. The normalized spacial score (nSPS) is 28.8. The van der Waals surface area contributed by atoms with E-state index < -0.39 is 5.60 Å². The van der Waals surface area contributed by atoms with Gasteiger partial charge in [-0.25, -0.2) is 9.67 Å². The number of rotatable bonds is 4. The van der Waals surface area contributed by atoms with E-state index in [1.807, 2.05) is 4.68 Å². The maximum absolute atomic E-state index is 10.6. The highest BCUT2D eigenvalue weighted by Gasteiger charge is 2.34. The average molecular weight is 252 g/mol. The van der Waals surface area contributed by atoms with Gasteiger partial charge < -0.3 is 10.8 Å². The third kappa shape index (κ3) is 3.29. The molecule has 1 aromatic heterocycles. The van der Waals surface area contributed by atoms with E-state index in [9.17, 15) is 5.11 Å². The predicted octanol–water partition coefficient (Wildman–Crippen LogP) is 1.11. The van der Waals surface area contributed by atoms with Crippen LogP contribution < -0.4 is 5.73 Å². The van der Waals surface area contributed by atoms with Crippen molar-refractivity contribution in [3.05, 3.63) is 12.2 Å². The summed E-state index contributed by atoms with van der Waals surface area (Å²) in [7, 11) is 0. The van der Waals surface area contributed by atoms with E-state index in [0.717, 1.165) is 31.6 Å². The molecule has 0 saturated heterocycles. The minimum Gasteiger partial charge on any atom is -0.389 e. The Morgan fingerprint density at radius 2 is 2.39 bits per heavy atom. The standard InChI is InChI=1S/C13H24N4O/c1-10(2)8-17-12(15-9-16-17)7-13(18)5-3-4-11(14)6-13/h9-11,18H,3-8,14H2,1-2H3. The molecule has 2 atom stereocenters. The lowest BCUT2D eigenvalue weighted by Crippen LogP contribution is -2.43. The lowest BCUT2D eigenvalue weighted by molar-refractivity contribution is -0.00453. The Hall–Kier alpha value is -0.940. The lowest BCUT2D eigenvalue weighted by Gasteiger charge is -2.35. The van der Waals surface area contributed by atoms with Crippen LogP contribution in [0.25, 0.3) is 0 Å². The first-order valence-corrected chi connectivity index (χ1v) is 6.83. The van der Waals surface area contributed by atoms with Gasteiger partial charge in [0.25, 0.3) is 0 Å². The highest BCUT2D eigenvalue weighted by molar-refractivity contribution is 4.98. The van der Waals surface area contributed by atoms with Gasteiger partial charge >= 0.3 is 0 Å². The number of nitrogens with zero attached hydrogens (tertiary/aromatic N) is 3. The van der Waals surface area contributed by atoms with Gasteiger partial charge in [0, 0.05) is 19.0 Å². The first-order chi connectivity index (χ1) is 8.48. The van der Waals surface area contributed by atoms with Crippen LogP contribution in [0.15, 0.2) is 6.33 Å². The van der Waals surface area contributed by atoms with Crippen LogP contribution in [-0.4, -0.2) is 31.5 Å². The molecule has 5 heteroatoms. The molecular formula is C13H24N4O. The number of hydrogen-bond acceptors (Lipinski definition) is 4.